The van der Waals surface area contributed by atoms with Crippen molar-refractivity contribution in [1.29, 1.82) is 0 Å². The number of phosphoric ester groups is 1. The highest BCUT2D eigenvalue weighted by atomic mass is 31.2. The zero-order valence-electron chi connectivity index (χ0n) is 14.1. The van der Waals surface area contributed by atoms with E-state index in [4.69, 9.17) is 24.0 Å². The van der Waals surface area contributed by atoms with Gasteiger partial charge in [-0.05, 0) is 13.8 Å². The van der Waals surface area contributed by atoms with Crippen LogP contribution in [0, 0.1) is 5.82 Å². The van der Waals surface area contributed by atoms with Gasteiger partial charge >= 0.3 is 13.5 Å². The molecular weight excluding hydrogens is 398 g/mol. The van der Waals surface area contributed by atoms with Crippen molar-refractivity contribution in [1.82, 2.24) is 9.55 Å². The Labute approximate surface area is 150 Å². The van der Waals surface area contributed by atoms with Crippen molar-refractivity contribution in [2.45, 2.75) is 50.4 Å². The fraction of sp³-hybridized carbons (Fsp3) is 0.692. The minimum absolute atomic E-state index is 0.455. The van der Waals surface area contributed by atoms with Crippen molar-refractivity contribution < 1.29 is 41.2 Å². The van der Waals surface area contributed by atoms with Crippen molar-refractivity contribution in [3.05, 3.63) is 22.5 Å². The lowest BCUT2D eigenvalue weighted by Gasteiger charge is -2.39. The Balaban J connectivity index is 2.00. The van der Waals surface area contributed by atoms with Crippen molar-refractivity contribution in [3.8, 4) is 0 Å². The zero-order valence-corrected chi connectivity index (χ0v) is 15.0. The highest BCUT2D eigenvalue weighted by Crippen LogP contribution is 2.61. The lowest BCUT2D eigenvalue weighted by atomic mass is 9.96. The average Bonchev–Trinajstić information content (AvgIpc) is 2.84. The van der Waals surface area contributed by atoms with Crippen LogP contribution in [0.15, 0.2) is 11.0 Å². The second kappa shape index (κ2) is 6.83. The number of hydrogen-bond acceptors (Lipinski definition) is 9. The summed E-state index contributed by atoms with van der Waals surface area (Å²) in [7, 11) is -4.28. The van der Waals surface area contributed by atoms with Gasteiger partial charge in [0.1, 0.15) is 12.2 Å². The molecule has 0 aromatic carbocycles. The molecule has 2 aliphatic heterocycles. The predicted molar refractivity (Wildman–Crippen MR) is 82.4 cm³/mol. The summed E-state index contributed by atoms with van der Waals surface area (Å²) < 4.78 is 74.2. The van der Waals surface area contributed by atoms with Crippen LogP contribution < -0.4 is 11.4 Å². The van der Waals surface area contributed by atoms with Gasteiger partial charge in [0.2, 0.25) is 0 Å². The molecule has 1 aromatic rings. The first-order chi connectivity index (χ1) is 12.5. The number of fused-ring (bicyclic) bond motifs is 1. The highest BCUT2D eigenvalue weighted by molar-refractivity contribution is 7.48. The molecule has 2 saturated heterocycles. The van der Waals surface area contributed by atoms with Crippen LogP contribution in [0.5, 0.6) is 0 Å². The Hall–Kier alpha value is -1.50. The van der Waals surface area contributed by atoms with Gasteiger partial charge in [-0.15, -0.1) is 0 Å². The standard InChI is InChI=1S/C13H17F3N3O7P/c1-5(2)25-27(22)23-4-13(11(15)16)8(26-27)7(20)10(24-13)19-3-6(14)9(17)18-12(19)21/h3,5,7-8,10-11,20H,4H2,1-2H3,(H2,17,18,21)/t7-,8-,10+,13+,27?/m0/s1. The third kappa shape index (κ3) is 3.39. The molecule has 2 aliphatic rings. The summed E-state index contributed by atoms with van der Waals surface area (Å²) in [5.41, 5.74) is 1.47. The minimum Gasteiger partial charge on any atom is -0.386 e. The molecule has 152 valence electrons. The molecule has 14 heteroatoms. The first-order valence-corrected chi connectivity index (χ1v) is 9.25. The molecule has 3 rings (SSSR count). The number of aliphatic hydroxyl groups excluding tert-OH is 1. The molecule has 1 unspecified atom stereocenters. The number of ether oxygens (including phenoxy) is 1. The van der Waals surface area contributed by atoms with Gasteiger partial charge in [-0.2, -0.15) is 4.98 Å². The maximum absolute atomic E-state index is 13.8. The molecule has 0 saturated carbocycles. The number of nitrogens with zero attached hydrogens (tertiary/aromatic N) is 2. The molecule has 2 fully saturated rings. The summed E-state index contributed by atoms with van der Waals surface area (Å²) in [6.07, 6.45) is -8.98. The van der Waals surface area contributed by atoms with Crippen LogP contribution >= 0.6 is 7.82 Å². The molecule has 0 radical (unpaired) electrons. The minimum atomic E-state index is -4.28. The maximum Gasteiger partial charge on any atom is 0.475 e. The van der Waals surface area contributed by atoms with E-state index >= 15 is 0 Å². The molecule has 10 nitrogen and oxygen atoms in total. The van der Waals surface area contributed by atoms with Gasteiger partial charge in [0.05, 0.1) is 18.9 Å². The molecule has 1 aromatic heterocycles. The van der Waals surface area contributed by atoms with Crippen LogP contribution in [0.2, 0.25) is 0 Å². The van der Waals surface area contributed by atoms with Crippen molar-refractivity contribution >= 4 is 13.6 Å². The first-order valence-electron chi connectivity index (χ1n) is 7.78. The second-order valence-electron chi connectivity index (χ2n) is 6.32. The molecular formula is C13H17F3N3O7P. The average molecular weight is 415 g/mol. The largest absolute Gasteiger partial charge is 0.475 e. The number of rotatable bonds is 4. The topological polar surface area (TPSA) is 135 Å². The monoisotopic (exact) mass is 415 g/mol. The zero-order chi connectivity index (χ0) is 20.1. The summed E-state index contributed by atoms with van der Waals surface area (Å²) in [4.78, 5) is 15.1. The van der Waals surface area contributed by atoms with E-state index in [1.807, 2.05) is 0 Å². The Morgan fingerprint density at radius 1 is 1.52 bits per heavy atom. The maximum atomic E-state index is 13.8. The fourth-order valence-electron chi connectivity index (χ4n) is 2.83. The number of anilines is 1. The van der Waals surface area contributed by atoms with Gasteiger partial charge in [0.15, 0.2) is 23.5 Å². The predicted octanol–water partition coefficient (Wildman–Crippen LogP) is 0.807. The van der Waals surface area contributed by atoms with Crippen LogP contribution in [-0.2, 0) is 22.9 Å². The van der Waals surface area contributed by atoms with Crippen LogP contribution in [0.25, 0.3) is 0 Å². The number of aromatic nitrogens is 2. The Morgan fingerprint density at radius 2 is 2.19 bits per heavy atom. The third-order valence-corrected chi connectivity index (χ3v) is 5.64. The molecule has 0 amide bonds. The summed E-state index contributed by atoms with van der Waals surface area (Å²) in [6, 6.07) is 0. The number of alkyl halides is 2. The van der Waals surface area contributed by atoms with Crippen LogP contribution in [0.1, 0.15) is 20.1 Å². The quantitative estimate of drug-likeness (QED) is 0.685. The summed E-state index contributed by atoms with van der Waals surface area (Å²) in [5, 5.41) is 10.4. The van der Waals surface area contributed by atoms with Gasteiger partial charge in [-0.25, -0.2) is 22.5 Å². The molecule has 5 atom stereocenters. The van der Waals surface area contributed by atoms with E-state index in [-0.39, 0.29) is 0 Å². The molecule has 0 spiro atoms. The van der Waals surface area contributed by atoms with E-state index in [2.05, 4.69) is 4.98 Å². The Kier molecular flexibility index (Phi) is 5.12. The van der Waals surface area contributed by atoms with E-state index in [0.29, 0.717) is 10.8 Å². The Morgan fingerprint density at radius 3 is 2.78 bits per heavy atom. The van der Waals surface area contributed by atoms with Crippen LogP contribution in [0.4, 0.5) is 19.0 Å². The fourth-order valence-corrected chi connectivity index (χ4v) is 4.46. The normalized spacial score (nSPS) is 36.4. The molecule has 0 bridgehead atoms. The number of nitrogen functional groups attached to an aromatic ring is 1. The molecule has 0 aliphatic carbocycles. The summed E-state index contributed by atoms with van der Waals surface area (Å²) in [5.74, 6) is -1.84. The van der Waals surface area contributed by atoms with Crippen LogP contribution in [-0.4, -0.2) is 51.6 Å². The van der Waals surface area contributed by atoms with Gasteiger partial charge in [-0.1, -0.05) is 0 Å². The SMILES string of the molecule is CC(C)OP1(=O)OC[C@@]2(C(F)F)O[C@@H](n3cc(F)c(N)nc3=O)[C@@H](O)[C@@H]2O1. The van der Waals surface area contributed by atoms with Gasteiger partial charge < -0.3 is 15.6 Å². The van der Waals surface area contributed by atoms with Gasteiger partial charge in [0, 0.05) is 0 Å². The highest BCUT2D eigenvalue weighted by Gasteiger charge is 2.67. The van der Waals surface area contributed by atoms with E-state index in [1.165, 1.54) is 13.8 Å². The lowest BCUT2D eigenvalue weighted by molar-refractivity contribution is -0.208. The van der Waals surface area contributed by atoms with Crippen molar-refractivity contribution in [2.75, 3.05) is 12.3 Å². The second-order valence-corrected chi connectivity index (χ2v) is 7.89. The molecule has 3 N–H and O–H groups in total. The number of aliphatic hydroxyl groups is 1. The van der Waals surface area contributed by atoms with E-state index < -0.39 is 68.3 Å². The smallest absolute Gasteiger partial charge is 0.386 e. The number of phosphoric acid groups is 1. The van der Waals surface area contributed by atoms with Gasteiger partial charge in [-0.3, -0.25) is 18.1 Å². The summed E-state index contributed by atoms with van der Waals surface area (Å²) in [6.45, 7) is 2.06. The Bertz CT molecular complexity index is 838. The van der Waals surface area contributed by atoms with Gasteiger partial charge in [0.25, 0.3) is 6.43 Å². The molecule has 27 heavy (non-hydrogen) atoms. The summed E-state index contributed by atoms with van der Waals surface area (Å²) >= 11 is 0. The number of halogens is 3. The molecule has 3 heterocycles. The first kappa shape index (κ1) is 20.2. The van der Waals surface area contributed by atoms with Crippen molar-refractivity contribution in [3.63, 3.8) is 0 Å². The number of nitrogens with two attached hydrogens (primary N) is 1. The van der Waals surface area contributed by atoms with E-state index in [0.717, 1.165) is 0 Å². The van der Waals surface area contributed by atoms with Crippen LogP contribution in [0.3, 0.4) is 0 Å². The third-order valence-electron chi connectivity index (χ3n) is 4.03. The van der Waals surface area contributed by atoms with Crippen molar-refractivity contribution in [2.24, 2.45) is 0 Å². The van der Waals surface area contributed by atoms with E-state index in [9.17, 15) is 27.6 Å². The number of hydrogen-bond donors (Lipinski definition) is 2. The van der Waals surface area contributed by atoms with E-state index in [1.54, 1.807) is 0 Å². The lowest BCUT2D eigenvalue weighted by Crippen LogP contribution is -2.56.